The molecule has 0 heterocycles. The lowest BCUT2D eigenvalue weighted by Gasteiger charge is -2.22. The summed E-state index contributed by atoms with van der Waals surface area (Å²) < 4.78 is 42.1. The number of benzene rings is 2. The Morgan fingerprint density at radius 1 is 1.06 bits per heavy atom. The van der Waals surface area contributed by atoms with E-state index in [1.165, 1.54) is 6.92 Å². The highest BCUT2D eigenvalue weighted by atomic mass is 127. The zero-order valence-electron chi connectivity index (χ0n) is 18.0. The smallest absolute Gasteiger partial charge is 0.338 e. The Morgan fingerprint density at radius 2 is 1.70 bits per heavy atom. The maximum absolute atomic E-state index is 12.2. The van der Waals surface area contributed by atoms with Gasteiger partial charge in [-0.3, -0.25) is 8.98 Å². The highest BCUT2D eigenvalue weighted by molar-refractivity contribution is 14.1. The second kappa shape index (κ2) is 12.9. The van der Waals surface area contributed by atoms with Crippen LogP contribution >= 0.6 is 67.8 Å². The minimum atomic E-state index is -3.80. The van der Waals surface area contributed by atoms with Crippen LogP contribution < -0.4 is 4.90 Å². The fourth-order valence-corrected chi connectivity index (χ4v) is 7.70. The van der Waals surface area contributed by atoms with E-state index in [-0.39, 0.29) is 25.7 Å². The van der Waals surface area contributed by atoms with Crippen LogP contribution in [-0.4, -0.2) is 52.9 Å². The first kappa shape index (κ1) is 28.7. The van der Waals surface area contributed by atoms with Crippen LogP contribution in [0.1, 0.15) is 22.8 Å². The lowest BCUT2D eigenvalue weighted by Crippen LogP contribution is -2.29. The molecule has 0 aliphatic heterocycles. The SMILES string of the molecule is CC(=O)N(C)c1c(I)cc(I)c(COCC(COC(=O)c2ccccc2)OS(C)(=O)=O)c1I. The number of carbonyl (C=O) groups excluding carboxylic acids is 2. The third-order valence-corrected chi connectivity index (χ3v) is 7.89. The molecule has 2 aromatic rings. The highest BCUT2D eigenvalue weighted by Gasteiger charge is 2.22. The van der Waals surface area contributed by atoms with Crippen molar-refractivity contribution in [1.29, 1.82) is 0 Å². The minimum absolute atomic E-state index is 0.0965. The Labute approximate surface area is 234 Å². The molecular weight excluding hydrogens is 791 g/mol. The van der Waals surface area contributed by atoms with Crippen LogP contribution in [0, 0.1) is 10.7 Å². The van der Waals surface area contributed by atoms with Crippen LogP contribution in [-0.2, 0) is 35.2 Å². The van der Waals surface area contributed by atoms with Crippen molar-refractivity contribution in [2.45, 2.75) is 19.6 Å². The summed E-state index contributed by atoms with van der Waals surface area (Å²) in [6.07, 6.45) is -0.0836. The zero-order chi connectivity index (χ0) is 24.8. The first-order chi connectivity index (χ1) is 15.4. The number of rotatable bonds is 10. The standard InChI is InChI=1S/C21H22I3NO7S/c1-13(26)25(2)20-18(23)9-17(22)16(19(20)24)12-30-10-15(32-33(3,28)29)11-31-21(27)14-7-5-4-6-8-14/h4-9,15H,10-12H2,1-3H3. The van der Waals surface area contributed by atoms with Gasteiger partial charge in [0.25, 0.3) is 10.1 Å². The van der Waals surface area contributed by atoms with Crippen molar-refractivity contribution < 1.29 is 31.7 Å². The first-order valence-electron chi connectivity index (χ1n) is 9.49. The molecule has 0 radical (unpaired) electrons. The van der Waals surface area contributed by atoms with E-state index >= 15 is 0 Å². The molecule has 0 aromatic heterocycles. The van der Waals surface area contributed by atoms with E-state index in [9.17, 15) is 18.0 Å². The summed E-state index contributed by atoms with van der Waals surface area (Å²) in [6, 6.07) is 10.3. The Bertz CT molecular complexity index is 1110. The lowest BCUT2D eigenvalue weighted by molar-refractivity contribution is -0.116. The maximum atomic E-state index is 12.2. The third-order valence-electron chi connectivity index (χ3n) is 4.32. The van der Waals surface area contributed by atoms with Crippen molar-refractivity contribution >= 4 is 95.5 Å². The van der Waals surface area contributed by atoms with E-state index in [0.29, 0.717) is 5.56 Å². The van der Waals surface area contributed by atoms with E-state index in [0.717, 1.165) is 28.2 Å². The van der Waals surface area contributed by atoms with E-state index in [1.807, 2.05) is 6.07 Å². The van der Waals surface area contributed by atoms with Crippen molar-refractivity contribution in [1.82, 2.24) is 0 Å². The second-order valence-electron chi connectivity index (χ2n) is 6.96. The van der Waals surface area contributed by atoms with Gasteiger partial charge in [-0.25, -0.2) is 4.79 Å². The predicted octanol–water partition coefficient (Wildman–Crippen LogP) is 4.20. The van der Waals surface area contributed by atoms with Gasteiger partial charge in [-0.05, 0) is 86.0 Å². The van der Waals surface area contributed by atoms with Crippen LogP contribution in [0.2, 0.25) is 0 Å². The Kier molecular flexibility index (Phi) is 11.2. The van der Waals surface area contributed by atoms with Gasteiger partial charge in [-0.15, -0.1) is 0 Å². The predicted molar refractivity (Wildman–Crippen MR) is 150 cm³/mol. The summed E-state index contributed by atoms with van der Waals surface area (Å²) in [5.74, 6) is -0.683. The van der Waals surface area contributed by atoms with Crippen LogP contribution in [0.5, 0.6) is 0 Å². The molecule has 12 heteroatoms. The first-order valence-corrected chi connectivity index (χ1v) is 14.5. The molecule has 0 aliphatic rings. The Morgan fingerprint density at radius 3 is 2.27 bits per heavy atom. The largest absolute Gasteiger partial charge is 0.459 e. The molecule has 0 bridgehead atoms. The summed E-state index contributed by atoms with van der Waals surface area (Å²) >= 11 is 6.54. The molecule has 33 heavy (non-hydrogen) atoms. The zero-order valence-corrected chi connectivity index (χ0v) is 25.3. The molecule has 0 N–H and O–H groups in total. The van der Waals surface area contributed by atoms with Crippen molar-refractivity contribution in [2.24, 2.45) is 0 Å². The number of anilines is 1. The van der Waals surface area contributed by atoms with Gasteiger partial charge in [0.05, 0.1) is 30.7 Å². The molecule has 2 aromatic carbocycles. The van der Waals surface area contributed by atoms with Gasteiger partial charge in [-0.2, -0.15) is 8.42 Å². The lowest BCUT2D eigenvalue weighted by atomic mass is 10.2. The van der Waals surface area contributed by atoms with Gasteiger partial charge < -0.3 is 14.4 Å². The number of ether oxygens (including phenoxy) is 2. The Balaban J connectivity index is 2.11. The number of esters is 1. The van der Waals surface area contributed by atoms with E-state index < -0.39 is 22.2 Å². The highest BCUT2D eigenvalue weighted by Crippen LogP contribution is 2.34. The molecule has 0 saturated carbocycles. The van der Waals surface area contributed by atoms with Gasteiger partial charge in [0, 0.05) is 30.2 Å². The number of amides is 1. The van der Waals surface area contributed by atoms with E-state index in [4.69, 9.17) is 13.7 Å². The van der Waals surface area contributed by atoms with Crippen molar-refractivity contribution in [2.75, 3.05) is 31.4 Å². The summed E-state index contributed by atoms with van der Waals surface area (Å²) in [4.78, 5) is 25.6. The molecule has 1 amide bonds. The Hall–Kier alpha value is -0.560. The third kappa shape index (κ3) is 8.87. The topological polar surface area (TPSA) is 99.2 Å². The minimum Gasteiger partial charge on any atom is -0.459 e. The van der Waals surface area contributed by atoms with Crippen molar-refractivity contribution in [3.63, 3.8) is 0 Å². The quantitative estimate of drug-likeness (QED) is 0.202. The number of carbonyl (C=O) groups is 2. The maximum Gasteiger partial charge on any atom is 0.338 e. The van der Waals surface area contributed by atoms with Crippen LogP contribution in [0.4, 0.5) is 5.69 Å². The van der Waals surface area contributed by atoms with Gasteiger partial charge in [0.15, 0.2) is 0 Å². The van der Waals surface area contributed by atoms with Gasteiger partial charge in [0.2, 0.25) is 5.91 Å². The average molecular weight is 813 g/mol. The monoisotopic (exact) mass is 813 g/mol. The van der Waals surface area contributed by atoms with Gasteiger partial charge in [0.1, 0.15) is 12.7 Å². The fourth-order valence-electron chi connectivity index (χ4n) is 2.69. The summed E-state index contributed by atoms with van der Waals surface area (Å²) in [7, 11) is -2.09. The molecule has 1 atom stereocenters. The van der Waals surface area contributed by atoms with E-state index in [2.05, 4.69) is 67.8 Å². The summed E-state index contributed by atoms with van der Waals surface area (Å²) in [6.45, 7) is 1.23. The number of nitrogens with zero attached hydrogens (tertiary/aromatic N) is 1. The molecule has 8 nitrogen and oxygen atoms in total. The van der Waals surface area contributed by atoms with Crippen LogP contribution in [0.3, 0.4) is 0 Å². The van der Waals surface area contributed by atoms with Gasteiger partial charge >= 0.3 is 5.97 Å². The summed E-state index contributed by atoms with van der Waals surface area (Å²) in [5, 5.41) is 0. The van der Waals surface area contributed by atoms with Crippen LogP contribution in [0.15, 0.2) is 36.4 Å². The van der Waals surface area contributed by atoms with Crippen molar-refractivity contribution in [3.8, 4) is 0 Å². The number of halogens is 3. The molecule has 0 spiro atoms. The molecular formula is C21H22I3NO7S. The fraction of sp³-hybridized carbons (Fsp3) is 0.333. The van der Waals surface area contributed by atoms with E-state index in [1.54, 1.807) is 42.3 Å². The summed E-state index contributed by atoms with van der Waals surface area (Å²) in [5.41, 5.74) is 1.99. The molecule has 0 aliphatic carbocycles. The van der Waals surface area contributed by atoms with Crippen LogP contribution in [0.25, 0.3) is 0 Å². The number of hydrogen-bond donors (Lipinski definition) is 0. The number of hydrogen-bond acceptors (Lipinski definition) is 7. The molecule has 0 saturated heterocycles. The normalized spacial score (nSPS) is 12.3. The molecule has 0 fully saturated rings. The van der Waals surface area contributed by atoms with Gasteiger partial charge in [-0.1, -0.05) is 18.2 Å². The molecule has 1 unspecified atom stereocenters. The molecule has 2 rings (SSSR count). The average Bonchev–Trinajstić information content (AvgIpc) is 2.73. The molecule has 180 valence electrons. The second-order valence-corrected chi connectivity index (χ2v) is 12.0. The van der Waals surface area contributed by atoms with Crippen molar-refractivity contribution in [3.05, 3.63) is 58.2 Å².